The first-order valence-electron chi connectivity index (χ1n) is 19.1. The van der Waals surface area contributed by atoms with E-state index in [1.807, 2.05) is 29.5 Å². The van der Waals surface area contributed by atoms with Crippen LogP contribution in [0.2, 0.25) is 0 Å². The smallest absolute Gasteiger partial charge is 0.164 e. The van der Waals surface area contributed by atoms with E-state index in [4.69, 9.17) is 15.0 Å². The largest absolute Gasteiger partial charge is 0.208 e. The zero-order valence-corrected chi connectivity index (χ0v) is 31.7. The van der Waals surface area contributed by atoms with Crippen molar-refractivity contribution in [1.29, 1.82) is 0 Å². The van der Waals surface area contributed by atoms with Crippen LogP contribution in [0.3, 0.4) is 0 Å². The lowest BCUT2D eigenvalue weighted by atomic mass is 9.91. The lowest BCUT2D eigenvalue weighted by Gasteiger charge is -2.15. The predicted molar refractivity (Wildman–Crippen MR) is 236 cm³/mol. The molecule has 0 aliphatic heterocycles. The Bertz CT molecular complexity index is 2910. The SMILES string of the molecule is CC1C=CC=C(c2ccc(-c3nc(-c4ccccc4)nc(-c4cccc5sc6ccc(-c7ccc(-c8ccc(-c9ccccc9)cc8)cc7)cc6c45)n3)cc2)C1. The zero-order chi connectivity index (χ0) is 37.4. The Morgan fingerprint density at radius 2 is 0.946 bits per heavy atom. The van der Waals surface area contributed by atoms with Gasteiger partial charge in [-0.1, -0.05) is 177 Å². The number of allylic oxidation sites excluding steroid dienone is 4. The summed E-state index contributed by atoms with van der Waals surface area (Å²) in [5.74, 6) is 2.54. The molecule has 7 aromatic carbocycles. The van der Waals surface area contributed by atoms with Gasteiger partial charge in [-0.05, 0) is 75.1 Å². The molecule has 0 fully saturated rings. The summed E-state index contributed by atoms with van der Waals surface area (Å²) < 4.78 is 2.45. The third-order valence-corrected chi connectivity index (χ3v) is 11.9. The molecule has 0 saturated carbocycles. The minimum absolute atomic E-state index is 0.538. The van der Waals surface area contributed by atoms with E-state index in [9.17, 15) is 0 Å². The Labute approximate surface area is 331 Å². The van der Waals surface area contributed by atoms with Crippen LogP contribution >= 0.6 is 11.3 Å². The van der Waals surface area contributed by atoms with E-state index in [0.717, 1.165) is 23.1 Å². The maximum absolute atomic E-state index is 5.19. The fraction of sp³-hybridized carbons (Fsp3) is 0.0577. The van der Waals surface area contributed by atoms with Crippen LogP contribution in [0.25, 0.3) is 93.3 Å². The van der Waals surface area contributed by atoms with E-state index in [0.29, 0.717) is 23.4 Å². The number of nitrogens with zero attached hydrogens (tertiary/aromatic N) is 3. The van der Waals surface area contributed by atoms with E-state index < -0.39 is 0 Å². The number of fused-ring (bicyclic) bond motifs is 3. The molecule has 0 spiro atoms. The van der Waals surface area contributed by atoms with Crippen LogP contribution in [0, 0.1) is 5.92 Å². The van der Waals surface area contributed by atoms with Gasteiger partial charge in [-0.15, -0.1) is 11.3 Å². The second kappa shape index (κ2) is 14.5. The van der Waals surface area contributed by atoms with Gasteiger partial charge in [-0.2, -0.15) is 0 Å². The van der Waals surface area contributed by atoms with Crippen molar-refractivity contribution in [2.75, 3.05) is 0 Å². The number of hydrogen-bond donors (Lipinski definition) is 0. The van der Waals surface area contributed by atoms with E-state index in [2.05, 4.69) is 177 Å². The van der Waals surface area contributed by atoms with Gasteiger partial charge >= 0.3 is 0 Å². The van der Waals surface area contributed by atoms with Gasteiger partial charge in [0.05, 0.1) is 0 Å². The molecule has 1 atom stereocenters. The van der Waals surface area contributed by atoms with Crippen molar-refractivity contribution in [2.45, 2.75) is 13.3 Å². The lowest BCUT2D eigenvalue weighted by molar-refractivity contribution is 0.749. The van der Waals surface area contributed by atoms with Gasteiger partial charge in [-0.25, -0.2) is 15.0 Å². The Hall–Kier alpha value is -6.75. The van der Waals surface area contributed by atoms with Crippen LogP contribution in [-0.4, -0.2) is 15.0 Å². The normalized spacial score (nSPS) is 13.9. The molecule has 2 heterocycles. The first-order chi connectivity index (χ1) is 27.6. The number of thiophene rings is 1. The standard InChI is InChI=1S/C52H37N3S/c1-34-10-8-15-43(32-34)39-26-28-42(29-27-39)51-53-50(41-13-6-3-7-14-41)54-52(55-51)45-16-9-17-48-49(45)46-33-44(30-31-47(46)56-48)40-24-22-38(23-25-40)37-20-18-36(19-21-37)35-11-4-2-5-12-35/h2-31,33-34H,32H2,1H3. The number of hydrogen-bond acceptors (Lipinski definition) is 4. The van der Waals surface area contributed by atoms with Crippen molar-refractivity contribution in [1.82, 2.24) is 15.0 Å². The highest BCUT2D eigenvalue weighted by Gasteiger charge is 2.18. The Morgan fingerprint density at radius 1 is 0.446 bits per heavy atom. The monoisotopic (exact) mass is 735 g/mol. The molecule has 0 bridgehead atoms. The molecule has 4 heteroatoms. The first-order valence-corrected chi connectivity index (χ1v) is 20.0. The van der Waals surface area contributed by atoms with E-state index in [1.54, 1.807) is 0 Å². The molecule has 2 aromatic heterocycles. The number of rotatable bonds is 7. The van der Waals surface area contributed by atoms with Gasteiger partial charge in [0.2, 0.25) is 0 Å². The van der Waals surface area contributed by atoms with Crippen molar-refractivity contribution in [2.24, 2.45) is 5.92 Å². The molecule has 266 valence electrons. The molecule has 0 amide bonds. The maximum atomic E-state index is 5.19. The highest BCUT2D eigenvalue weighted by molar-refractivity contribution is 7.26. The Balaban J connectivity index is 1.03. The minimum Gasteiger partial charge on any atom is -0.208 e. The number of aromatic nitrogens is 3. The predicted octanol–water partition coefficient (Wildman–Crippen LogP) is 14.2. The molecule has 0 N–H and O–H groups in total. The van der Waals surface area contributed by atoms with Gasteiger partial charge < -0.3 is 0 Å². The fourth-order valence-electron chi connectivity index (χ4n) is 7.77. The maximum Gasteiger partial charge on any atom is 0.164 e. The van der Waals surface area contributed by atoms with Crippen LogP contribution in [0.1, 0.15) is 18.9 Å². The molecular formula is C52H37N3S. The third kappa shape index (κ3) is 6.55. The average Bonchev–Trinajstić information content (AvgIpc) is 3.65. The second-order valence-electron chi connectivity index (χ2n) is 14.5. The highest BCUT2D eigenvalue weighted by Crippen LogP contribution is 2.42. The van der Waals surface area contributed by atoms with Gasteiger partial charge in [-0.3, -0.25) is 0 Å². The molecule has 1 aliphatic rings. The van der Waals surface area contributed by atoms with Gasteiger partial charge in [0.1, 0.15) is 0 Å². The summed E-state index contributed by atoms with van der Waals surface area (Å²) in [6.07, 6.45) is 7.70. The van der Waals surface area contributed by atoms with Gasteiger partial charge in [0, 0.05) is 36.9 Å². The topological polar surface area (TPSA) is 38.7 Å². The van der Waals surface area contributed by atoms with Crippen molar-refractivity contribution in [3.8, 4) is 67.5 Å². The Kier molecular flexibility index (Phi) is 8.74. The molecule has 1 aliphatic carbocycles. The molecule has 9 aromatic rings. The van der Waals surface area contributed by atoms with Gasteiger partial charge in [0.25, 0.3) is 0 Å². The zero-order valence-electron chi connectivity index (χ0n) is 30.9. The molecule has 3 nitrogen and oxygen atoms in total. The molecule has 0 saturated heterocycles. The summed E-state index contributed by atoms with van der Waals surface area (Å²) in [4.78, 5) is 15.4. The molecule has 10 rings (SSSR count). The van der Waals surface area contributed by atoms with E-state index >= 15 is 0 Å². The van der Waals surface area contributed by atoms with Crippen LogP contribution in [-0.2, 0) is 0 Å². The molecule has 0 radical (unpaired) electrons. The summed E-state index contributed by atoms with van der Waals surface area (Å²) in [5.41, 5.74) is 12.7. The quantitative estimate of drug-likeness (QED) is 0.164. The fourth-order valence-corrected chi connectivity index (χ4v) is 8.88. The summed E-state index contributed by atoms with van der Waals surface area (Å²) in [7, 11) is 0. The van der Waals surface area contributed by atoms with E-state index in [1.165, 1.54) is 64.7 Å². The highest BCUT2D eigenvalue weighted by atomic mass is 32.1. The first kappa shape index (κ1) is 33.8. The van der Waals surface area contributed by atoms with Crippen LogP contribution in [0.4, 0.5) is 0 Å². The van der Waals surface area contributed by atoms with Crippen molar-refractivity contribution >= 4 is 37.1 Å². The summed E-state index contributed by atoms with van der Waals surface area (Å²) in [6.45, 7) is 2.26. The second-order valence-corrected chi connectivity index (χ2v) is 15.6. The molecule has 56 heavy (non-hydrogen) atoms. The lowest BCUT2D eigenvalue weighted by Crippen LogP contribution is -2.01. The van der Waals surface area contributed by atoms with Crippen molar-refractivity contribution in [3.05, 3.63) is 194 Å². The summed E-state index contributed by atoms with van der Waals surface area (Å²) in [5, 5.41) is 2.37. The summed E-state index contributed by atoms with van der Waals surface area (Å²) in [6, 6.07) is 60.4. The number of benzene rings is 7. The van der Waals surface area contributed by atoms with Crippen molar-refractivity contribution < 1.29 is 0 Å². The minimum atomic E-state index is 0.538. The average molecular weight is 736 g/mol. The summed E-state index contributed by atoms with van der Waals surface area (Å²) >= 11 is 1.81. The Morgan fingerprint density at radius 3 is 1.57 bits per heavy atom. The van der Waals surface area contributed by atoms with Gasteiger partial charge in [0.15, 0.2) is 17.5 Å². The van der Waals surface area contributed by atoms with Crippen molar-refractivity contribution in [3.63, 3.8) is 0 Å². The van der Waals surface area contributed by atoms with E-state index in [-0.39, 0.29) is 0 Å². The molecular weight excluding hydrogens is 699 g/mol. The molecule has 1 unspecified atom stereocenters. The van der Waals surface area contributed by atoms with Crippen LogP contribution in [0.5, 0.6) is 0 Å². The van der Waals surface area contributed by atoms with Crippen LogP contribution < -0.4 is 0 Å². The van der Waals surface area contributed by atoms with Crippen LogP contribution in [0.15, 0.2) is 188 Å². The third-order valence-electron chi connectivity index (χ3n) is 10.7.